The van der Waals surface area contributed by atoms with Crippen molar-refractivity contribution in [1.29, 1.82) is 0 Å². The molecule has 0 radical (unpaired) electrons. The summed E-state index contributed by atoms with van der Waals surface area (Å²) in [5.41, 5.74) is 0.900. The second kappa shape index (κ2) is 8.04. The smallest absolute Gasteiger partial charge is 0.254 e. The summed E-state index contributed by atoms with van der Waals surface area (Å²) >= 11 is 11.7. The van der Waals surface area contributed by atoms with E-state index in [4.69, 9.17) is 27.9 Å². The van der Waals surface area contributed by atoms with E-state index in [-0.39, 0.29) is 18.4 Å². The van der Waals surface area contributed by atoms with Crippen LogP contribution in [0.3, 0.4) is 0 Å². The zero-order chi connectivity index (χ0) is 17.7. The molecule has 0 aromatic heterocycles. The Morgan fingerprint density at radius 2 is 1.71 bits per heavy atom. The van der Waals surface area contributed by atoms with Crippen molar-refractivity contribution in [2.24, 2.45) is 0 Å². The number of halogens is 2. The molecular formula is C17H16Cl2N2O3. The van der Waals surface area contributed by atoms with Crippen molar-refractivity contribution in [1.82, 2.24) is 4.90 Å². The third-order valence-corrected chi connectivity index (χ3v) is 3.74. The van der Waals surface area contributed by atoms with Crippen LogP contribution in [0.1, 0.15) is 10.4 Å². The Hall–Kier alpha value is -2.24. The summed E-state index contributed by atoms with van der Waals surface area (Å²) in [5, 5.41) is 3.70. The van der Waals surface area contributed by atoms with Crippen molar-refractivity contribution >= 4 is 40.7 Å². The number of methoxy groups -OCH3 is 1. The molecule has 2 aromatic rings. The molecule has 0 saturated carbocycles. The number of anilines is 1. The molecular weight excluding hydrogens is 351 g/mol. The maximum atomic E-state index is 12.3. The highest BCUT2D eigenvalue weighted by atomic mass is 35.5. The molecule has 0 aliphatic heterocycles. The van der Waals surface area contributed by atoms with Crippen molar-refractivity contribution in [2.75, 3.05) is 26.0 Å². The van der Waals surface area contributed by atoms with Gasteiger partial charge in [-0.2, -0.15) is 0 Å². The van der Waals surface area contributed by atoms with Crippen molar-refractivity contribution in [3.63, 3.8) is 0 Å². The Morgan fingerprint density at radius 1 is 1.08 bits per heavy atom. The number of hydrogen-bond acceptors (Lipinski definition) is 3. The molecule has 7 heteroatoms. The van der Waals surface area contributed by atoms with Crippen LogP contribution in [0.2, 0.25) is 10.0 Å². The van der Waals surface area contributed by atoms with E-state index in [2.05, 4.69) is 5.32 Å². The molecule has 0 aliphatic rings. The average Bonchev–Trinajstić information content (AvgIpc) is 2.55. The Labute approximate surface area is 150 Å². The second-order valence-corrected chi connectivity index (χ2v) is 5.93. The topological polar surface area (TPSA) is 58.6 Å². The van der Waals surface area contributed by atoms with E-state index in [0.717, 1.165) is 0 Å². The van der Waals surface area contributed by atoms with Crippen molar-refractivity contribution in [3.05, 3.63) is 58.1 Å². The lowest BCUT2D eigenvalue weighted by atomic mass is 10.2. The zero-order valence-electron chi connectivity index (χ0n) is 13.2. The fourth-order valence-electron chi connectivity index (χ4n) is 2.07. The number of hydrogen-bond donors (Lipinski definition) is 1. The minimum Gasteiger partial charge on any atom is -0.495 e. The van der Waals surface area contributed by atoms with E-state index in [9.17, 15) is 9.59 Å². The Kier molecular flexibility index (Phi) is 6.06. The normalized spacial score (nSPS) is 10.2. The number of ether oxygens (including phenoxy) is 1. The van der Waals surface area contributed by atoms with Crippen LogP contribution in [0, 0.1) is 0 Å². The fourth-order valence-corrected chi connectivity index (χ4v) is 2.37. The van der Waals surface area contributed by atoms with Gasteiger partial charge >= 0.3 is 0 Å². The average molecular weight is 367 g/mol. The molecule has 0 fully saturated rings. The first-order valence-electron chi connectivity index (χ1n) is 7.05. The van der Waals surface area contributed by atoms with Gasteiger partial charge in [-0.05, 0) is 42.5 Å². The van der Waals surface area contributed by atoms with Gasteiger partial charge in [0.2, 0.25) is 5.91 Å². The van der Waals surface area contributed by atoms with Gasteiger partial charge in [0.1, 0.15) is 5.75 Å². The molecule has 0 unspecified atom stereocenters. The van der Waals surface area contributed by atoms with Gasteiger partial charge in [-0.3, -0.25) is 9.59 Å². The van der Waals surface area contributed by atoms with Crippen LogP contribution in [0.25, 0.3) is 0 Å². The standard InChI is InChI=1S/C17H16Cl2N2O3/c1-21(17(23)11-3-5-12(18)6-4-11)10-16(22)20-14-9-13(19)7-8-15(14)24-2/h3-9H,10H2,1-2H3,(H,20,22). The first-order chi connectivity index (χ1) is 11.4. The summed E-state index contributed by atoms with van der Waals surface area (Å²) in [5.74, 6) is -0.153. The first-order valence-corrected chi connectivity index (χ1v) is 7.80. The lowest BCUT2D eigenvalue weighted by molar-refractivity contribution is -0.116. The summed E-state index contributed by atoms with van der Waals surface area (Å²) in [6, 6.07) is 11.4. The highest BCUT2D eigenvalue weighted by molar-refractivity contribution is 6.31. The Morgan fingerprint density at radius 3 is 2.33 bits per heavy atom. The second-order valence-electron chi connectivity index (χ2n) is 5.06. The van der Waals surface area contributed by atoms with E-state index >= 15 is 0 Å². The number of likely N-dealkylation sites (N-methyl/N-ethyl adjacent to an activating group) is 1. The van der Waals surface area contributed by atoms with Gasteiger partial charge in [0.25, 0.3) is 5.91 Å². The van der Waals surface area contributed by atoms with E-state index < -0.39 is 0 Å². The van der Waals surface area contributed by atoms with Gasteiger partial charge in [0, 0.05) is 22.7 Å². The van der Waals surface area contributed by atoms with Gasteiger partial charge < -0.3 is 15.0 Å². The third kappa shape index (κ3) is 4.63. The van der Waals surface area contributed by atoms with Gasteiger partial charge in [0.05, 0.1) is 19.3 Å². The lowest BCUT2D eigenvalue weighted by Crippen LogP contribution is -2.35. The van der Waals surface area contributed by atoms with Gasteiger partial charge in [-0.15, -0.1) is 0 Å². The third-order valence-electron chi connectivity index (χ3n) is 3.25. The maximum Gasteiger partial charge on any atom is 0.254 e. The number of carbonyl (C=O) groups is 2. The Bertz CT molecular complexity index is 748. The monoisotopic (exact) mass is 366 g/mol. The quantitative estimate of drug-likeness (QED) is 0.877. The van der Waals surface area contributed by atoms with Crippen LogP contribution in [0.15, 0.2) is 42.5 Å². The summed E-state index contributed by atoms with van der Waals surface area (Å²) in [7, 11) is 3.04. The molecule has 2 aromatic carbocycles. The molecule has 2 amide bonds. The minimum atomic E-state index is -0.361. The highest BCUT2D eigenvalue weighted by Crippen LogP contribution is 2.27. The molecule has 24 heavy (non-hydrogen) atoms. The number of rotatable bonds is 5. The first kappa shape index (κ1) is 18.1. The number of carbonyl (C=O) groups excluding carboxylic acids is 2. The van der Waals surface area contributed by atoms with E-state index in [0.29, 0.717) is 27.0 Å². The van der Waals surface area contributed by atoms with Crippen LogP contribution in [0.5, 0.6) is 5.75 Å². The molecule has 0 aliphatic carbocycles. The summed E-state index contributed by atoms with van der Waals surface area (Å²) in [4.78, 5) is 25.8. The zero-order valence-corrected chi connectivity index (χ0v) is 14.7. The molecule has 5 nitrogen and oxygen atoms in total. The minimum absolute atomic E-state index is 0.114. The van der Waals surface area contributed by atoms with E-state index in [1.165, 1.54) is 12.0 Å². The molecule has 0 heterocycles. The number of amides is 2. The number of nitrogens with one attached hydrogen (secondary N) is 1. The van der Waals surface area contributed by atoms with Crippen LogP contribution in [-0.2, 0) is 4.79 Å². The molecule has 0 spiro atoms. The Balaban J connectivity index is 2.02. The van der Waals surface area contributed by atoms with Crippen LogP contribution in [-0.4, -0.2) is 37.4 Å². The van der Waals surface area contributed by atoms with Gasteiger partial charge in [-0.1, -0.05) is 23.2 Å². The van der Waals surface area contributed by atoms with E-state index in [1.807, 2.05) is 0 Å². The molecule has 126 valence electrons. The van der Waals surface area contributed by atoms with Crippen LogP contribution < -0.4 is 10.1 Å². The van der Waals surface area contributed by atoms with Crippen LogP contribution >= 0.6 is 23.2 Å². The summed E-state index contributed by atoms with van der Waals surface area (Å²) < 4.78 is 5.17. The highest BCUT2D eigenvalue weighted by Gasteiger charge is 2.16. The molecule has 0 bridgehead atoms. The molecule has 2 rings (SSSR count). The SMILES string of the molecule is COc1ccc(Cl)cc1NC(=O)CN(C)C(=O)c1ccc(Cl)cc1. The fraction of sp³-hybridized carbons (Fsp3) is 0.176. The molecule has 0 saturated heterocycles. The van der Waals surface area contributed by atoms with Gasteiger partial charge in [0.15, 0.2) is 0 Å². The largest absolute Gasteiger partial charge is 0.495 e. The molecule has 1 N–H and O–H groups in total. The molecule has 0 atom stereocenters. The van der Waals surface area contributed by atoms with Crippen molar-refractivity contribution < 1.29 is 14.3 Å². The lowest BCUT2D eigenvalue weighted by Gasteiger charge is -2.17. The maximum absolute atomic E-state index is 12.3. The van der Waals surface area contributed by atoms with Crippen molar-refractivity contribution in [3.8, 4) is 5.75 Å². The van der Waals surface area contributed by atoms with Gasteiger partial charge in [-0.25, -0.2) is 0 Å². The predicted octanol–water partition coefficient (Wildman–Crippen LogP) is 3.71. The van der Waals surface area contributed by atoms with Crippen LogP contribution in [0.4, 0.5) is 5.69 Å². The summed E-state index contributed by atoms with van der Waals surface area (Å²) in [6.45, 7) is -0.114. The predicted molar refractivity (Wildman–Crippen MR) is 95.0 cm³/mol. The summed E-state index contributed by atoms with van der Waals surface area (Å²) in [6.07, 6.45) is 0. The number of nitrogens with zero attached hydrogens (tertiary/aromatic N) is 1. The number of benzene rings is 2. The van der Waals surface area contributed by atoms with Crippen molar-refractivity contribution in [2.45, 2.75) is 0 Å². The van der Waals surface area contributed by atoms with E-state index in [1.54, 1.807) is 49.5 Å².